The Hall–Kier alpha value is -3.24. The van der Waals surface area contributed by atoms with Gasteiger partial charge in [0.15, 0.2) is 0 Å². The molecule has 0 aliphatic rings. The molecule has 0 saturated carbocycles. The second-order valence-electron chi connectivity index (χ2n) is 6.20. The molecule has 0 fully saturated rings. The van der Waals surface area contributed by atoms with Gasteiger partial charge >= 0.3 is 0 Å². The van der Waals surface area contributed by atoms with Gasteiger partial charge in [0.1, 0.15) is 0 Å². The first kappa shape index (κ1) is 17.2. The minimum atomic E-state index is 0.836. The van der Waals surface area contributed by atoms with E-state index in [1.165, 1.54) is 5.56 Å². The summed E-state index contributed by atoms with van der Waals surface area (Å²) in [5, 5.41) is 10.9. The van der Waals surface area contributed by atoms with Gasteiger partial charge in [0.05, 0.1) is 11.9 Å². The highest BCUT2D eigenvalue weighted by atomic mass is 32.1. The summed E-state index contributed by atoms with van der Waals surface area (Å²) in [6.45, 7) is 2.07. The Kier molecular flexibility index (Phi) is 5.08. The average molecular weight is 369 g/mol. The first-order valence-corrected chi connectivity index (χ1v) is 9.64. The van der Waals surface area contributed by atoms with Crippen LogP contribution in [0.15, 0.2) is 101 Å². The van der Waals surface area contributed by atoms with Gasteiger partial charge in [0.2, 0.25) is 4.80 Å². The van der Waals surface area contributed by atoms with Crippen molar-refractivity contribution in [2.24, 2.45) is 10.2 Å². The summed E-state index contributed by atoms with van der Waals surface area (Å²) >= 11 is 1.59. The molecule has 0 atom stereocenters. The van der Waals surface area contributed by atoms with Crippen molar-refractivity contribution in [3.8, 4) is 16.9 Å². The fourth-order valence-electron chi connectivity index (χ4n) is 2.82. The molecule has 1 aromatic heterocycles. The van der Waals surface area contributed by atoms with Gasteiger partial charge in [0, 0.05) is 11.1 Å². The lowest BCUT2D eigenvalue weighted by Crippen LogP contribution is -2.13. The van der Waals surface area contributed by atoms with Gasteiger partial charge in [0.25, 0.3) is 0 Å². The maximum atomic E-state index is 4.50. The molecule has 0 radical (unpaired) electrons. The smallest absolute Gasteiger partial charge is 0.215 e. The van der Waals surface area contributed by atoms with E-state index in [0.29, 0.717) is 0 Å². The van der Waals surface area contributed by atoms with Crippen LogP contribution in [-0.2, 0) is 0 Å². The molecule has 0 saturated heterocycles. The number of nitrogens with zero attached hydrogens (tertiary/aromatic N) is 3. The van der Waals surface area contributed by atoms with Crippen molar-refractivity contribution in [3.05, 3.63) is 106 Å². The van der Waals surface area contributed by atoms with Crippen LogP contribution in [0, 0.1) is 6.92 Å². The second kappa shape index (κ2) is 7.98. The highest BCUT2D eigenvalue weighted by molar-refractivity contribution is 7.07. The molecule has 0 amide bonds. The van der Waals surface area contributed by atoms with Gasteiger partial charge in [-0.3, -0.25) is 4.57 Å². The number of aromatic nitrogens is 1. The molecule has 0 bridgehead atoms. The fourth-order valence-corrected chi connectivity index (χ4v) is 3.68. The number of rotatable bonds is 4. The maximum Gasteiger partial charge on any atom is 0.215 e. The number of aryl methyl sites for hydroxylation is 1. The summed E-state index contributed by atoms with van der Waals surface area (Å²) in [6.07, 6.45) is 1.79. The maximum absolute atomic E-state index is 4.50. The van der Waals surface area contributed by atoms with Gasteiger partial charge in [-0.25, -0.2) is 0 Å². The second-order valence-corrected chi connectivity index (χ2v) is 7.03. The van der Waals surface area contributed by atoms with Crippen molar-refractivity contribution in [2.75, 3.05) is 0 Å². The number of hydrogen-bond donors (Lipinski definition) is 0. The fraction of sp³-hybridized carbons (Fsp3) is 0.0435. The van der Waals surface area contributed by atoms with E-state index < -0.39 is 0 Å². The molecule has 3 nitrogen and oxygen atoms in total. The SMILES string of the molecule is Cc1ccc(C=NN=c2scc(-c3ccccc3)n2-c2ccccc2)cc1. The van der Waals surface area contributed by atoms with E-state index in [-0.39, 0.29) is 0 Å². The van der Waals surface area contributed by atoms with E-state index in [1.54, 1.807) is 17.6 Å². The van der Waals surface area contributed by atoms with E-state index in [2.05, 4.69) is 75.6 Å². The van der Waals surface area contributed by atoms with Crippen LogP contribution in [0.4, 0.5) is 0 Å². The highest BCUT2D eigenvalue weighted by Crippen LogP contribution is 2.23. The zero-order valence-corrected chi connectivity index (χ0v) is 15.8. The summed E-state index contributed by atoms with van der Waals surface area (Å²) in [7, 11) is 0. The van der Waals surface area contributed by atoms with Gasteiger partial charge in [-0.2, -0.15) is 5.10 Å². The Morgan fingerprint density at radius 3 is 2.19 bits per heavy atom. The van der Waals surface area contributed by atoms with Crippen molar-refractivity contribution < 1.29 is 0 Å². The zero-order chi connectivity index (χ0) is 18.5. The zero-order valence-electron chi connectivity index (χ0n) is 15.0. The van der Waals surface area contributed by atoms with Crippen LogP contribution in [0.5, 0.6) is 0 Å². The molecule has 0 unspecified atom stereocenters. The lowest BCUT2D eigenvalue weighted by molar-refractivity contribution is 0.973. The molecular formula is C23H19N3S. The predicted octanol–water partition coefficient (Wildman–Crippen LogP) is 5.45. The van der Waals surface area contributed by atoms with Crippen molar-refractivity contribution in [2.45, 2.75) is 6.92 Å². The van der Waals surface area contributed by atoms with Crippen LogP contribution >= 0.6 is 11.3 Å². The third kappa shape index (κ3) is 3.96. The van der Waals surface area contributed by atoms with E-state index in [9.17, 15) is 0 Å². The summed E-state index contributed by atoms with van der Waals surface area (Å²) in [5.41, 5.74) is 5.60. The van der Waals surface area contributed by atoms with Crippen LogP contribution in [0.1, 0.15) is 11.1 Å². The van der Waals surface area contributed by atoms with Crippen molar-refractivity contribution in [3.63, 3.8) is 0 Å². The minimum Gasteiger partial charge on any atom is -0.284 e. The lowest BCUT2D eigenvalue weighted by Gasteiger charge is -2.08. The number of benzene rings is 3. The summed E-state index contributed by atoms with van der Waals surface area (Å²) in [6, 6.07) is 28.9. The summed E-state index contributed by atoms with van der Waals surface area (Å²) in [4.78, 5) is 0.836. The molecule has 132 valence electrons. The Morgan fingerprint density at radius 1 is 0.815 bits per heavy atom. The molecule has 0 aliphatic heterocycles. The predicted molar refractivity (Wildman–Crippen MR) is 113 cm³/mol. The van der Waals surface area contributed by atoms with Gasteiger partial charge < -0.3 is 0 Å². The van der Waals surface area contributed by atoms with Crippen LogP contribution < -0.4 is 4.80 Å². The van der Waals surface area contributed by atoms with E-state index in [1.807, 2.05) is 36.4 Å². The number of hydrogen-bond acceptors (Lipinski definition) is 3. The molecule has 3 aromatic carbocycles. The van der Waals surface area contributed by atoms with Crippen molar-refractivity contribution in [1.29, 1.82) is 0 Å². The van der Waals surface area contributed by atoms with Crippen LogP contribution in [0.3, 0.4) is 0 Å². The number of thiazole rings is 1. The Labute approximate surface area is 162 Å². The van der Waals surface area contributed by atoms with Gasteiger partial charge in [-0.15, -0.1) is 16.4 Å². The van der Waals surface area contributed by atoms with Gasteiger partial charge in [-0.1, -0.05) is 78.4 Å². The largest absolute Gasteiger partial charge is 0.284 e. The molecular weight excluding hydrogens is 350 g/mol. The average Bonchev–Trinajstić information content (AvgIpc) is 3.15. The first-order valence-electron chi connectivity index (χ1n) is 8.76. The van der Waals surface area contributed by atoms with Gasteiger partial charge in [-0.05, 0) is 30.2 Å². The highest BCUT2D eigenvalue weighted by Gasteiger charge is 2.09. The summed E-state index contributed by atoms with van der Waals surface area (Å²) in [5.74, 6) is 0. The van der Waals surface area contributed by atoms with Crippen LogP contribution in [0.2, 0.25) is 0 Å². The van der Waals surface area contributed by atoms with Crippen LogP contribution in [0.25, 0.3) is 16.9 Å². The quantitative estimate of drug-likeness (QED) is 0.338. The Bertz CT molecular complexity index is 1110. The molecule has 0 spiro atoms. The van der Waals surface area contributed by atoms with E-state index in [4.69, 9.17) is 0 Å². The summed E-state index contributed by atoms with van der Waals surface area (Å²) < 4.78 is 2.15. The third-order valence-corrected chi connectivity index (χ3v) is 5.04. The molecule has 0 N–H and O–H groups in total. The van der Waals surface area contributed by atoms with Crippen molar-refractivity contribution in [1.82, 2.24) is 4.57 Å². The standard InChI is InChI=1S/C23H19N3S/c1-18-12-14-19(15-13-18)16-24-25-23-26(21-10-6-3-7-11-21)22(17-27-23)20-8-4-2-5-9-20/h2-17H,1H3. The Balaban J connectivity index is 1.79. The van der Waals surface area contributed by atoms with E-state index in [0.717, 1.165) is 27.3 Å². The lowest BCUT2D eigenvalue weighted by atomic mass is 10.1. The molecule has 1 heterocycles. The molecule has 4 heteroatoms. The number of para-hydroxylation sites is 1. The topological polar surface area (TPSA) is 29.6 Å². The monoisotopic (exact) mass is 369 g/mol. The van der Waals surface area contributed by atoms with Crippen LogP contribution in [-0.4, -0.2) is 10.8 Å². The van der Waals surface area contributed by atoms with Crippen molar-refractivity contribution >= 4 is 17.6 Å². The normalized spacial score (nSPS) is 12.0. The molecule has 0 aliphatic carbocycles. The third-order valence-electron chi connectivity index (χ3n) is 4.22. The minimum absolute atomic E-state index is 0.836. The molecule has 4 rings (SSSR count). The molecule has 4 aromatic rings. The molecule has 27 heavy (non-hydrogen) atoms. The van der Waals surface area contributed by atoms with E-state index >= 15 is 0 Å². The Morgan fingerprint density at radius 2 is 1.48 bits per heavy atom. The first-order chi connectivity index (χ1) is 13.3.